The molecule has 2 aliphatic rings. The minimum Gasteiger partial charge on any atom is -0.464 e. The van der Waals surface area contributed by atoms with Gasteiger partial charge in [0, 0.05) is 17.7 Å². The topological polar surface area (TPSA) is 80.3 Å². The van der Waals surface area contributed by atoms with Gasteiger partial charge < -0.3 is 10.1 Å². The number of likely N-dealkylation sites (tertiary alicyclic amines) is 1. The molecular weight excluding hydrogens is 375 g/mol. The van der Waals surface area contributed by atoms with Crippen molar-refractivity contribution in [3.63, 3.8) is 0 Å². The minimum atomic E-state index is -1.47. The number of esters is 1. The van der Waals surface area contributed by atoms with Crippen molar-refractivity contribution < 1.29 is 28.8 Å². The highest BCUT2D eigenvalue weighted by Gasteiger charge is 2.73. The molecule has 2 saturated heterocycles. The van der Waals surface area contributed by atoms with Gasteiger partial charge in [-0.1, -0.05) is 48.5 Å². The number of nitrogens with zero attached hydrogens (tertiary/aromatic N) is 1. The molecule has 0 unspecified atom stereocenters. The van der Waals surface area contributed by atoms with E-state index in [4.69, 9.17) is 4.74 Å². The quantitative estimate of drug-likeness (QED) is 0.620. The highest BCUT2D eigenvalue weighted by molar-refractivity contribution is 6.08. The summed E-state index contributed by atoms with van der Waals surface area (Å²) in [5.41, 5.74) is -0.618. The lowest BCUT2D eigenvalue weighted by Crippen LogP contribution is -2.96. The molecule has 150 valence electrons. The van der Waals surface area contributed by atoms with Crippen molar-refractivity contribution in [1.29, 1.82) is 0 Å². The predicted octanol–water partition coefficient (Wildman–Crippen LogP) is 1.13. The third kappa shape index (κ3) is 2.61. The number of benzene rings is 2. The van der Waals surface area contributed by atoms with Crippen LogP contribution in [0.1, 0.15) is 24.1 Å². The van der Waals surface area contributed by atoms with Crippen LogP contribution in [0.4, 0.5) is 4.39 Å². The molecule has 2 N–H and O–H groups in total. The van der Waals surface area contributed by atoms with E-state index in [1.807, 2.05) is 0 Å². The molecule has 0 saturated carbocycles. The smallest absolute Gasteiger partial charge is 0.373 e. The molecule has 7 heteroatoms. The Balaban J connectivity index is 1.97. The Morgan fingerprint density at radius 1 is 1.10 bits per heavy atom. The lowest BCUT2D eigenvalue weighted by molar-refractivity contribution is -0.742. The summed E-state index contributed by atoms with van der Waals surface area (Å²) in [6.45, 7) is 1.90. The van der Waals surface area contributed by atoms with Gasteiger partial charge in [0.05, 0.1) is 7.11 Å². The second-order valence-electron chi connectivity index (χ2n) is 7.36. The van der Waals surface area contributed by atoms with Crippen LogP contribution in [0.3, 0.4) is 0 Å². The maximum Gasteiger partial charge on any atom is 0.373 e. The van der Waals surface area contributed by atoms with Crippen LogP contribution in [-0.2, 0) is 24.7 Å². The fraction of sp³-hybridized carbons (Fsp3) is 0.318. The zero-order valence-electron chi connectivity index (χ0n) is 16.2. The largest absolute Gasteiger partial charge is 0.464 e. The van der Waals surface area contributed by atoms with Crippen LogP contribution < -0.4 is 5.32 Å². The van der Waals surface area contributed by atoms with Crippen molar-refractivity contribution in [1.82, 2.24) is 4.90 Å². The zero-order chi connectivity index (χ0) is 20.8. The number of carbonyl (C=O) groups excluding carboxylic acids is 3. The Morgan fingerprint density at radius 3 is 2.38 bits per heavy atom. The molecule has 4 atom stereocenters. The summed E-state index contributed by atoms with van der Waals surface area (Å²) in [7, 11) is 1.26. The summed E-state index contributed by atoms with van der Waals surface area (Å²) in [5.74, 6) is -3.75. The molecule has 0 aliphatic carbocycles. The SMILES string of the molecule is CCN1C(=O)[C@@H]2[C@@H](c3ccccc3F)[NH2+][C@](C(=O)OC)(c3ccccc3)[C@@H]2C1=O. The number of nitrogens with two attached hydrogens (primary N) is 1. The van der Waals surface area contributed by atoms with Gasteiger partial charge in [0.2, 0.25) is 17.4 Å². The van der Waals surface area contributed by atoms with E-state index in [-0.39, 0.29) is 12.5 Å². The number of hydrogen-bond donors (Lipinski definition) is 1. The lowest BCUT2D eigenvalue weighted by Gasteiger charge is -2.29. The number of carbonyl (C=O) groups is 3. The number of fused-ring (bicyclic) bond motifs is 1. The summed E-state index contributed by atoms with van der Waals surface area (Å²) >= 11 is 0. The molecule has 2 aromatic rings. The first-order valence-electron chi connectivity index (χ1n) is 9.57. The van der Waals surface area contributed by atoms with Crippen LogP contribution in [-0.4, -0.2) is 36.3 Å². The molecule has 2 fully saturated rings. The molecule has 29 heavy (non-hydrogen) atoms. The van der Waals surface area contributed by atoms with Gasteiger partial charge in [-0.2, -0.15) is 0 Å². The number of halogens is 1. The van der Waals surface area contributed by atoms with Gasteiger partial charge in [-0.3, -0.25) is 14.5 Å². The van der Waals surface area contributed by atoms with E-state index in [0.29, 0.717) is 11.1 Å². The first-order chi connectivity index (χ1) is 14.0. The molecule has 6 nitrogen and oxygen atoms in total. The molecule has 0 bridgehead atoms. The van der Waals surface area contributed by atoms with E-state index in [9.17, 15) is 18.8 Å². The summed E-state index contributed by atoms with van der Waals surface area (Å²) in [6, 6.07) is 14.2. The zero-order valence-corrected chi connectivity index (χ0v) is 16.2. The van der Waals surface area contributed by atoms with Crippen molar-refractivity contribution in [2.45, 2.75) is 18.5 Å². The third-order valence-electron chi connectivity index (χ3n) is 6.12. The van der Waals surface area contributed by atoms with Crippen LogP contribution in [0.25, 0.3) is 0 Å². The highest BCUT2D eigenvalue weighted by Crippen LogP contribution is 2.48. The first-order valence-corrected chi connectivity index (χ1v) is 9.57. The number of amides is 2. The summed E-state index contributed by atoms with van der Waals surface area (Å²) in [6.07, 6.45) is 0. The van der Waals surface area contributed by atoms with Crippen molar-refractivity contribution in [2.24, 2.45) is 11.8 Å². The molecule has 2 heterocycles. The van der Waals surface area contributed by atoms with Crippen LogP contribution in [0, 0.1) is 17.7 Å². The maximum atomic E-state index is 14.7. The number of methoxy groups -OCH3 is 1. The van der Waals surface area contributed by atoms with Gasteiger partial charge in [0.15, 0.2) is 0 Å². The monoisotopic (exact) mass is 397 g/mol. The summed E-state index contributed by atoms with van der Waals surface area (Å²) in [4.78, 5) is 40.8. The average Bonchev–Trinajstić information content (AvgIpc) is 3.23. The van der Waals surface area contributed by atoms with E-state index in [0.717, 1.165) is 4.90 Å². The Kier molecular flexibility index (Phi) is 4.70. The number of quaternary nitrogens is 1. The first kappa shape index (κ1) is 19.3. The van der Waals surface area contributed by atoms with Crippen molar-refractivity contribution >= 4 is 17.8 Å². The molecule has 2 aliphatic heterocycles. The van der Waals surface area contributed by atoms with Gasteiger partial charge in [0.25, 0.3) is 0 Å². The Bertz CT molecular complexity index is 980. The Labute approximate surface area is 167 Å². The maximum absolute atomic E-state index is 14.7. The number of hydrogen-bond acceptors (Lipinski definition) is 4. The van der Waals surface area contributed by atoms with Gasteiger partial charge in [0.1, 0.15) is 23.7 Å². The van der Waals surface area contributed by atoms with E-state index in [2.05, 4.69) is 0 Å². The van der Waals surface area contributed by atoms with Gasteiger partial charge in [-0.15, -0.1) is 0 Å². The predicted molar refractivity (Wildman–Crippen MR) is 101 cm³/mol. The molecule has 0 aromatic heterocycles. The van der Waals surface area contributed by atoms with Gasteiger partial charge >= 0.3 is 5.97 Å². The van der Waals surface area contributed by atoms with E-state index >= 15 is 0 Å². The van der Waals surface area contributed by atoms with Crippen LogP contribution in [0.2, 0.25) is 0 Å². The Hall–Kier alpha value is -3.06. The normalized spacial score (nSPS) is 28.5. The van der Waals surface area contributed by atoms with E-state index in [1.165, 1.54) is 13.2 Å². The molecule has 0 spiro atoms. The Morgan fingerprint density at radius 2 is 1.76 bits per heavy atom. The van der Waals surface area contributed by atoms with Crippen molar-refractivity contribution in [3.8, 4) is 0 Å². The molecule has 4 rings (SSSR count). The highest BCUT2D eigenvalue weighted by atomic mass is 19.1. The van der Waals surface area contributed by atoms with Gasteiger partial charge in [-0.05, 0) is 13.0 Å². The number of imide groups is 1. The average molecular weight is 397 g/mol. The second kappa shape index (κ2) is 7.08. The summed E-state index contributed by atoms with van der Waals surface area (Å²) in [5, 5.41) is 1.64. The lowest BCUT2D eigenvalue weighted by atomic mass is 9.75. The molecule has 2 amide bonds. The fourth-order valence-electron chi connectivity index (χ4n) is 4.89. The molecule has 2 aromatic carbocycles. The van der Waals surface area contributed by atoms with Crippen molar-refractivity contribution in [2.75, 3.05) is 13.7 Å². The number of rotatable bonds is 4. The summed E-state index contributed by atoms with van der Waals surface area (Å²) < 4.78 is 19.8. The van der Waals surface area contributed by atoms with Crippen LogP contribution in [0.5, 0.6) is 0 Å². The van der Waals surface area contributed by atoms with Crippen LogP contribution >= 0.6 is 0 Å². The second-order valence-corrected chi connectivity index (χ2v) is 7.36. The van der Waals surface area contributed by atoms with E-state index < -0.39 is 41.1 Å². The van der Waals surface area contributed by atoms with Gasteiger partial charge in [-0.25, -0.2) is 9.18 Å². The molecule has 0 radical (unpaired) electrons. The molecular formula is C22H22FN2O4+. The third-order valence-corrected chi connectivity index (χ3v) is 6.12. The van der Waals surface area contributed by atoms with Crippen LogP contribution in [0.15, 0.2) is 54.6 Å². The minimum absolute atomic E-state index is 0.195. The van der Waals surface area contributed by atoms with E-state index in [1.54, 1.807) is 60.8 Å². The standard InChI is InChI=1S/C22H21FN2O4/c1-3-25-19(26)16-17(20(25)27)22(21(28)29-2,13-9-5-4-6-10-13)24-18(16)14-11-7-8-12-15(14)23/h4-12,16-18,24H,3H2,1-2H3/p+1/t16-,17-,18+,22+/m0/s1. The van der Waals surface area contributed by atoms with Crippen molar-refractivity contribution in [3.05, 3.63) is 71.5 Å². The fourth-order valence-corrected chi connectivity index (χ4v) is 4.89. The number of ether oxygens (including phenoxy) is 1.